The third-order valence-electron chi connectivity index (χ3n) is 4.69. The van der Waals surface area contributed by atoms with Crippen LogP contribution in [-0.2, 0) is 19.1 Å². The van der Waals surface area contributed by atoms with Gasteiger partial charge < -0.3 is 14.4 Å². The van der Waals surface area contributed by atoms with E-state index in [-0.39, 0.29) is 18.9 Å². The van der Waals surface area contributed by atoms with Crippen molar-refractivity contribution < 1.29 is 28.7 Å². The minimum atomic E-state index is -0.714. The lowest BCUT2D eigenvalue weighted by atomic mass is 10.1. The van der Waals surface area contributed by atoms with E-state index in [0.29, 0.717) is 28.6 Å². The third-order valence-corrected chi connectivity index (χ3v) is 4.94. The van der Waals surface area contributed by atoms with Crippen LogP contribution in [0.15, 0.2) is 48.5 Å². The Morgan fingerprint density at radius 2 is 1.75 bits per heavy atom. The first-order chi connectivity index (χ1) is 15.4. The number of carbonyl (C=O) groups excluding carboxylic acids is 4. The molecule has 0 spiro atoms. The zero-order valence-electron chi connectivity index (χ0n) is 17.3. The van der Waals surface area contributed by atoms with Crippen LogP contribution in [0.25, 0.3) is 0 Å². The van der Waals surface area contributed by atoms with Crippen molar-refractivity contribution in [1.82, 2.24) is 10.9 Å². The quantitative estimate of drug-likeness (QED) is 0.484. The number of hydrazine groups is 1. The molecule has 3 rings (SSSR count). The van der Waals surface area contributed by atoms with Gasteiger partial charge in [0.2, 0.25) is 5.91 Å². The van der Waals surface area contributed by atoms with Crippen molar-refractivity contribution in [2.75, 3.05) is 24.7 Å². The SMILES string of the molecule is CCOc1ccc(N2C[C@@H](C(=O)OCC(=O)NNC(=O)c3ccc(Cl)cc3)CC2=O)cc1. The predicted molar refractivity (Wildman–Crippen MR) is 116 cm³/mol. The van der Waals surface area contributed by atoms with E-state index in [4.69, 9.17) is 21.1 Å². The molecule has 0 aliphatic carbocycles. The standard InChI is InChI=1S/C22H22ClN3O6/c1-2-31-18-9-7-17(8-10-18)26-12-15(11-20(26)28)22(30)32-13-19(27)24-25-21(29)14-3-5-16(23)6-4-14/h3-10,15H,2,11-13H2,1H3,(H,24,27)(H,25,29)/t15-/m0/s1. The molecular formula is C22H22ClN3O6. The highest BCUT2D eigenvalue weighted by atomic mass is 35.5. The molecule has 0 bridgehead atoms. The van der Waals surface area contributed by atoms with Crippen molar-refractivity contribution in [3.63, 3.8) is 0 Å². The van der Waals surface area contributed by atoms with E-state index >= 15 is 0 Å². The highest BCUT2D eigenvalue weighted by molar-refractivity contribution is 6.30. The molecule has 1 fully saturated rings. The number of carbonyl (C=O) groups is 4. The van der Waals surface area contributed by atoms with E-state index in [1.165, 1.54) is 17.0 Å². The molecule has 0 aromatic heterocycles. The van der Waals surface area contributed by atoms with Crippen LogP contribution in [0.3, 0.4) is 0 Å². The second-order valence-corrected chi connectivity index (χ2v) is 7.39. The Balaban J connectivity index is 1.44. The normalized spacial score (nSPS) is 15.2. The molecule has 9 nitrogen and oxygen atoms in total. The first-order valence-electron chi connectivity index (χ1n) is 9.92. The number of hydrogen-bond acceptors (Lipinski definition) is 6. The number of benzene rings is 2. The Bertz CT molecular complexity index is 994. The molecule has 1 aliphatic rings. The van der Waals surface area contributed by atoms with Gasteiger partial charge in [-0.25, -0.2) is 0 Å². The van der Waals surface area contributed by atoms with Crippen molar-refractivity contribution in [1.29, 1.82) is 0 Å². The summed E-state index contributed by atoms with van der Waals surface area (Å²) in [7, 11) is 0. The summed E-state index contributed by atoms with van der Waals surface area (Å²) in [6.07, 6.45) is -0.0129. The predicted octanol–water partition coefficient (Wildman–Crippen LogP) is 2.10. The van der Waals surface area contributed by atoms with Gasteiger partial charge in [0.15, 0.2) is 6.61 Å². The number of nitrogens with zero attached hydrogens (tertiary/aromatic N) is 1. The average Bonchev–Trinajstić information content (AvgIpc) is 3.18. The summed E-state index contributed by atoms with van der Waals surface area (Å²) in [4.78, 5) is 49.9. The van der Waals surface area contributed by atoms with Crippen LogP contribution < -0.4 is 20.5 Å². The van der Waals surface area contributed by atoms with Gasteiger partial charge in [0.1, 0.15) is 5.75 Å². The highest BCUT2D eigenvalue weighted by Gasteiger charge is 2.36. The molecule has 168 valence electrons. The summed E-state index contributed by atoms with van der Waals surface area (Å²) in [5, 5.41) is 0.476. The zero-order chi connectivity index (χ0) is 23.1. The number of halogens is 1. The number of rotatable bonds is 7. The van der Waals surface area contributed by atoms with E-state index in [1.807, 2.05) is 6.92 Å². The molecule has 0 radical (unpaired) electrons. The molecule has 1 saturated heterocycles. The Labute approximate surface area is 189 Å². The lowest BCUT2D eigenvalue weighted by molar-refractivity contribution is -0.152. The number of hydrogen-bond donors (Lipinski definition) is 2. The molecule has 0 saturated carbocycles. The van der Waals surface area contributed by atoms with Crippen LogP contribution in [0.1, 0.15) is 23.7 Å². The number of anilines is 1. The first-order valence-corrected chi connectivity index (χ1v) is 10.3. The lowest BCUT2D eigenvalue weighted by Gasteiger charge is -2.17. The maximum absolute atomic E-state index is 12.3. The first kappa shape index (κ1) is 23.1. The molecule has 2 N–H and O–H groups in total. The van der Waals surface area contributed by atoms with E-state index in [9.17, 15) is 19.2 Å². The Hall–Kier alpha value is -3.59. The summed E-state index contributed by atoms with van der Waals surface area (Å²) in [6.45, 7) is 1.98. The smallest absolute Gasteiger partial charge is 0.311 e. The van der Waals surface area contributed by atoms with Gasteiger partial charge in [0.05, 0.1) is 12.5 Å². The zero-order valence-corrected chi connectivity index (χ0v) is 18.1. The van der Waals surface area contributed by atoms with Crippen molar-refractivity contribution >= 4 is 41.0 Å². The topological polar surface area (TPSA) is 114 Å². The molecule has 1 heterocycles. The Morgan fingerprint density at radius 1 is 1.06 bits per heavy atom. The van der Waals surface area contributed by atoms with Crippen LogP contribution >= 0.6 is 11.6 Å². The van der Waals surface area contributed by atoms with Gasteiger partial charge in [0, 0.05) is 29.2 Å². The number of nitrogens with one attached hydrogen (secondary N) is 2. The van der Waals surface area contributed by atoms with Crippen LogP contribution in [0.4, 0.5) is 5.69 Å². The summed E-state index contributed by atoms with van der Waals surface area (Å²) in [5.74, 6) is -2.14. The fraction of sp³-hybridized carbons (Fsp3) is 0.273. The summed E-state index contributed by atoms with van der Waals surface area (Å²) < 4.78 is 10.4. The molecular weight excluding hydrogens is 438 g/mol. The fourth-order valence-corrected chi connectivity index (χ4v) is 3.22. The van der Waals surface area contributed by atoms with E-state index in [0.717, 1.165) is 0 Å². The highest BCUT2D eigenvalue weighted by Crippen LogP contribution is 2.27. The molecule has 1 aliphatic heterocycles. The van der Waals surface area contributed by atoms with Crippen LogP contribution in [0.5, 0.6) is 5.75 Å². The molecule has 3 amide bonds. The van der Waals surface area contributed by atoms with Gasteiger partial charge >= 0.3 is 5.97 Å². The fourth-order valence-electron chi connectivity index (χ4n) is 3.09. The Kier molecular flexibility index (Phi) is 7.67. The van der Waals surface area contributed by atoms with Gasteiger partial charge in [-0.3, -0.25) is 30.0 Å². The van der Waals surface area contributed by atoms with Gasteiger partial charge in [-0.2, -0.15) is 0 Å². The minimum absolute atomic E-state index is 0.0129. The second kappa shape index (κ2) is 10.6. The van der Waals surface area contributed by atoms with Crippen molar-refractivity contribution in [3.05, 3.63) is 59.1 Å². The van der Waals surface area contributed by atoms with Gasteiger partial charge in [0.25, 0.3) is 11.8 Å². The number of esters is 1. The van der Waals surface area contributed by atoms with Gasteiger partial charge in [-0.15, -0.1) is 0 Å². The van der Waals surface area contributed by atoms with E-state index < -0.39 is 30.3 Å². The van der Waals surface area contributed by atoms with E-state index in [1.54, 1.807) is 36.4 Å². The minimum Gasteiger partial charge on any atom is -0.494 e. The van der Waals surface area contributed by atoms with Gasteiger partial charge in [-0.05, 0) is 55.5 Å². The molecule has 0 unspecified atom stereocenters. The van der Waals surface area contributed by atoms with Gasteiger partial charge in [-0.1, -0.05) is 11.6 Å². The van der Waals surface area contributed by atoms with Crippen molar-refractivity contribution in [3.8, 4) is 5.75 Å². The van der Waals surface area contributed by atoms with Crippen molar-refractivity contribution in [2.45, 2.75) is 13.3 Å². The second-order valence-electron chi connectivity index (χ2n) is 6.95. The summed E-state index contributed by atoms with van der Waals surface area (Å²) >= 11 is 5.76. The van der Waals surface area contributed by atoms with Crippen LogP contribution in [0.2, 0.25) is 5.02 Å². The molecule has 10 heteroatoms. The maximum atomic E-state index is 12.3. The molecule has 2 aromatic rings. The lowest BCUT2D eigenvalue weighted by Crippen LogP contribution is -2.43. The summed E-state index contributed by atoms with van der Waals surface area (Å²) in [6, 6.07) is 13.1. The molecule has 2 aromatic carbocycles. The maximum Gasteiger partial charge on any atom is 0.311 e. The van der Waals surface area contributed by atoms with E-state index in [2.05, 4.69) is 10.9 Å². The Morgan fingerprint density at radius 3 is 2.41 bits per heavy atom. The molecule has 1 atom stereocenters. The number of ether oxygens (including phenoxy) is 2. The van der Waals surface area contributed by atoms with Crippen LogP contribution in [-0.4, -0.2) is 43.4 Å². The monoisotopic (exact) mass is 459 g/mol. The average molecular weight is 460 g/mol. The number of amides is 3. The molecule has 32 heavy (non-hydrogen) atoms. The van der Waals surface area contributed by atoms with Crippen molar-refractivity contribution in [2.24, 2.45) is 5.92 Å². The van der Waals surface area contributed by atoms with Crippen LogP contribution in [0, 0.1) is 5.92 Å². The summed E-state index contributed by atoms with van der Waals surface area (Å²) in [5.41, 5.74) is 5.32. The third kappa shape index (κ3) is 5.98. The largest absolute Gasteiger partial charge is 0.494 e.